The van der Waals surface area contributed by atoms with Crippen molar-refractivity contribution in [3.05, 3.63) is 29.8 Å². The average molecular weight is 218 g/mol. The molecule has 0 aliphatic heterocycles. The predicted octanol–water partition coefficient (Wildman–Crippen LogP) is 2.33. The molecule has 0 heterocycles. The van der Waals surface area contributed by atoms with Gasteiger partial charge in [0.05, 0.1) is 0 Å². The second kappa shape index (κ2) is 6.86. The van der Waals surface area contributed by atoms with Crippen molar-refractivity contribution in [2.75, 3.05) is 13.2 Å². The molecule has 0 saturated carbocycles. The summed E-state index contributed by atoms with van der Waals surface area (Å²) in [5.74, 6) is 1.41. The maximum absolute atomic E-state index is 8.41. The molecule has 0 aliphatic rings. The van der Waals surface area contributed by atoms with E-state index >= 15 is 0 Å². The number of benzene rings is 1. The molecule has 0 amide bonds. The smallest absolute Gasteiger partial charge is 0.174 e. The van der Waals surface area contributed by atoms with Gasteiger partial charge in [-0.05, 0) is 30.2 Å². The molecule has 1 aromatic rings. The highest BCUT2D eigenvalue weighted by molar-refractivity contribution is 5.28. The first-order valence-electron chi connectivity index (χ1n) is 5.51. The number of nitriles is 1. The molecule has 0 spiro atoms. The van der Waals surface area contributed by atoms with Crippen molar-refractivity contribution in [2.24, 2.45) is 5.92 Å². The highest BCUT2D eigenvalue weighted by Gasteiger charge is 1.97. The van der Waals surface area contributed by atoms with E-state index in [0.29, 0.717) is 5.92 Å². The number of hydrogen-bond acceptors (Lipinski definition) is 3. The summed E-state index contributed by atoms with van der Waals surface area (Å²) in [5, 5.41) is 11.8. The second-order valence-corrected chi connectivity index (χ2v) is 4.12. The minimum atomic E-state index is 0.100. The number of nitrogens with one attached hydrogen (secondary N) is 1. The van der Waals surface area contributed by atoms with Gasteiger partial charge in [0.1, 0.15) is 11.8 Å². The Kier molecular flexibility index (Phi) is 5.38. The summed E-state index contributed by atoms with van der Waals surface area (Å²) in [5.41, 5.74) is 1.18. The molecule has 0 aromatic heterocycles. The van der Waals surface area contributed by atoms with Gasteiger partial charge in [-0.15, -0.1) is 0 Å². The van der Waals surface area contributed by atoms with Crippen LogP contribution < -0.4 is 10.1 Å². The van der Waals surface area contributed by atoms with Crippen molar-refractivity contribution < 1.29 is 4.74 Å². The summed E-state index contributed by atoms with van der Waals surface area (Å²) in [7, 11) is 0. The molecule has 0 bridgehead atoms. The van der Waals surface area contributed by atoms with Crippen molar-refractivity contribution in [1.82, 2.24) is 5.32 Å². The van der Waals surface area contributed by atoms with Crippen LogP contribution in [-0.2, 0) is 6.54 Å². The van der Waals surface area contributed by atoms with Crippen LogP contribution >= 0.6 is 0 Å². The Morgan fingerprint density at radius 2 is 2.25 bits per heavy atom. The van der Waals surface area contributed by atoms with E-state index in [2.05, 4.69) is 19.2 Å². The Balaban J connectivity index is 2.44. The zero-order valence-electron chi connectivity index (χ0n) is 9.86. The van der Waals surface area contributed by atoms with Gasteiger partial charge in [-0.2, -0.15) is 5.26 Å². The summed E-state index contributed by atoms with van der Waals surface area (Å²) < 4.78 is 5.23. The van der Waals surface area contributed by atoms with E-state index in [1.54, 1.807) is 0 Å². The van der Waals surface area contributed by atoms with Gasteiger partial charge in [0.15, 0.2) is 6.61 Å². The lowest BCUT2D eigenvalue weighted by molar-refractivity contribution is 0.367. The third-order valence-corrected chi connectivity index (χ3v) is 2.08. The van der Waals surface area contributed by atoms with Gasteiger partial charge < -0.3 is 10.1 Å². The first-order chi connectivity index (χ1) is 7.72. The summed E-state index contributed by atoms with van der Waals surface area (Å²) in [6.45, 7) is 6.30. The number of ether oxygens (including phenoxy) is 1. The molecule has 16 heavy (non-hydrogen) atoms. The predicted molar refractivity (Wildman–Crippen MR) is 64.1 cm³/mol. The van der Waals surface area contributed by atoms with Gasteiger partial charge in [-0.25, -0.2) is 0 Å². The van der Waals surface area contributed by atoms with Crippen LogP contribution in [0.3, 0.4) is 0 Å². The maximum atomic E-state index is 8.41. The van der Waals surface area contributed by atoms with Crippen molar-refractivity contribution in [2.45, 2.75) is 20.4 Å². The van der Waals surface area contributed by atoms with Crippen LogP contribution in [0.25, 0.3) is 0 Å². The van der Waals surface area contributed by atoms with E-state index in [4.69, 9.17) is 10.00 Å². The van der Waals surface area contributed by atoms with Crippen molar-refractivity contribution in [3.8, 4) is 11.8 Å². The number of nitrogens with zero attached hydrogens (tertiary/aromatic N) is 1. The average Bonchev–Trinajstić information content (AvgIpc) is 2.26. The van der Waals surface area contributed by atoms with E-state index in [0.717, 1.165) is 18.8 Å². The van der Waals surface area contributed by atoms with Gasteiger partial charge >= 0.3 is 0 Å². The Bertz CT molecular complexity index is 355. The molecular weight excluding hydrogens is 200 g/mol. The lowest BCUT2D eigenvalue weighted by Crippen LogP contribution is -2.18. The molecular formula is C13H18N2O. The summed E-state index contributed by atoms with van der Waals surface area (Å²) >= 11 is 0. The van der Waals surface area contributed by atoms with Crippen molar-refractivity contribution >= 4 is 0 Å². The zero-order valence-corrected chi connectivity index (χ0v) is 9.86. The van der Waals surface area contributed by atoms with Crippen molar-refractivity contribution in [3.63, 3.8) is 0 Å². The quantitative estimate of drug-likeness (QED) is 0.797. The molecule has 0 radical (unpaired) electrons. The molecule has 3 heteroatoms. The molecule has 86 valence electrons. The fourth-order valence-corrected chi connectivity index (χ4v) is 1.37. The van der Waals surface area contributed by atoms with E-state index in [1.165, 1.54) is 5.56 Å². The normalized spacial score (nSPS) is 10.1. The van der Waals surface area contributed by atoms with E-state index in [-0.39, 0.29) is 6.61 Å². The third kappa shape index (κ3) is 4.81. The fraction of sp³-hybridized carbons (Fsp3) is 0.462. The SMILES string of the molecule is CC(C)CNCc1cccc(OCC#N)c1. The van der Waals surface area contributed by atoms with Crippen LogP contribution in [0.2, 0.25) is 0 Å². The van der Waals surface area contributed by atoms with Crippen LogP contribution in [0.15, 0.2) is 24.3 Å². The fourth-order valence-electron chi connectivity index (χ4n) is 1.37. The van der Waals surface area contributed by atoms with Gasteiger partial charge in [0, 0.05) is 6.54 Å². The largest absolute Gasteiger partial charge is 0.479 e. The van der Waals surface area contributed by atoms with E-state index in [1.807, 2.05) is 30.3 Å². The summed E-state index contributed by atoms with van der Waals surface area (Å²) in [6.07, 6.45) is 0. The molecule has 1 aromatic carbocycles. The molecule has 0 saturated heterocycles. The Labute approximate surface area is 97.0 Å². The van der Waals surface area contributed by atoms with E-state index < -0.39 is 0 Å². The van der Waals surface area contributed by atoms with Crippen LogP contribution in [-0.4, -0.2) is 13.2 Å². The van der Waals surface area contributed by atoms with Crippen LogP contribution in [0, 0.1) is 17.2 Å². The van der Waals surface area contributed by atoms with Gasteiger partial charge in [0.25, 0.3) is 0 Å². The highest BCUT2D eigenvalue weighted by Crippen LogP contribution is 2.12. The molecule has 0 atom stereocenters. The van der Waals surface area contributed by atoms with Gasteiger partial charge in [-0.3, -0.25) is 0 Å². The minimum Gasteiger partial charge on any atom is -0.479 e. The van der Waals surface area contributed by atoms with Crippen LogP contribution in [0.4, 0.5) is 0 Å². The lowest BCUT2D eigenvalue weighted by Gasteiger charge is -2.08. The molecule has 0 aliphatic carbocycles. The summed E-state index contributed by atoms with van der Waals surface area (Å²) in [6, 6.07) is 9.77. The molecule has 1 rings (SSSR count). The summed E-state index contributed by atoms with van der Waals surface area (Å²) in [4.78, 5) is 0. The molecule has 1 N–H and O–H groups in total. The van der Waals surface area contributed by atoms with Gasteiger partial charge in [-0.1, -0.05) is 26.0 Å². The lowest BCUT2D eigenvalue weighted by atomic mass is 10.2. The Morgan fingerprint density at radius 3 is 2.94 bits per heavy atom. The van der Waals surface area contributed by atoms with Crippen LogP contribution in [0.5, 0.6) is 5.75 Å². The molecule has 0 fully saturated rings. The first-order valence-corrected chi connectivity index (χ1v) is 5.51. The number of hydrogen-bond donors (Lipinski definition) is 1. The molecule has 3 nitrogen and oxygen atoms in total. The topological polar surface area (TPSA) is 45.0 Å². The van der Waals surface area contributed by atoms with Crippen molar-refractivity contribution in [1.29, 1.82) is 5.26 Å². The van der Waals surface area contributed by atoms with E-state index in [9.17, 15) is 0 Å². The van der Waals surface area contributed by atoms with Crippen LogP contribution in [0.1, 0.15) is 19.4 Å². The minimum absolute atomic E-state index is 0.100. The first kappa shape index (κ1) is 12.5. The monoisotopic (exact) mass is 218 g/mol. The Hall–Kier alpha value is -1.53. The number of rotatable bonds is 6. The Morgan fingerprint density at radius 1 is 1.44 bits per heavy atom. The maximum Gasteiger partial charge on any atom is 0.174 e. The zero-order chi connectivity index (χ0) is 11.8. The second-order valence-electron chi connectivity index (χ2n) is 4.12. The molecule has 0 unspecified atom stereocenters. The van der Waals surface area contributed by atoms with Gasteiger partial charge in [0.2, 0.25) is 0 Å². The highest BCUT2D eigenvalue weighted by atomic mass is 16.5. The third-order valence-electron chi connectivity index (χ3n) is 2.08. The standard InChI is InChI=1S/C13H18N2O/c1-11(2)9-15-10-12-4-3-5-13(8-12)16-7-6-14/h3-5,8,11,15H,7,9-10H2,1-2H3.